The molecular formula is C38H43N3O5. The van der Waals surface area contributed by atoms with Crippen molar-refractivity contribution in [1.29, 1.82) is 0 Å². The first-order valence-electron chi connectivity index (χ1n) is 15.9. The van der Waals surface area contributed by atoms with Crippen molar-refractivity contribution < 1.29 is 23.8 Å². The Morgan fingerprint density at radius 1 is 0.696 bits per heavy atom. The number of anilines is 1. The van der Waals surface area contributed by atoms with Gasteiger partial charge in [0.25, 0.3) is 5.91 Å². The lowest BCUT2D eigenvalue weighted by Gasteiger charge is -2.48. The van der Waals surface area contributed by atoms with Crippen molar-refractivity contribution in [3.05, 3.63) is 138 Å². The number of rotatable bonds is 14. The number of hydrogen-bond donors (Lipinski definition) is 2. The van der Waals surface area contributed by atoms with Gasteiger partial charge in [0.05, 0.1) is 25.9 Å². The summed E-state index contributed by atoms with van der Waals surface area (Å²) in [5.41, 5.74) is 4.71. The van der Waals surface area contributed by atoms with Gasteiger partial charge in [-0.3, -0.25) is 4.79 Å². The first kappa shape index (κ1) is 32.9. The molecule has 0 aromatic heterocycles. The Balaban J connectivity index is 1.43. The Morgan fingerprint density at radius 3 is 1.72 bits per heavy atom. The van der Waals surface area contributed by atoms with Crippen LogP contribution in [0.2, 0.25) is 0 Å². The maximum absolute atomic E-state index is 14.3. The number of carbonyl (C=O) groups is 2. The molecule has 1 saturated heterocycles. The molecule has 0 unspecified atom stereocenters. The van der Waals surface area contributed by atoms with Crippen LogP contribution in [0.3, 0.4) is 0 Å². The highest BCUT2D eigenvalue weighted by molar-refractivity contribution is 5.89. The minimum atomic E-state index is -0.908. The molecule has 0 spiro atoms. The summed E-state index contributed by atoms with van der Waals surface area (Å²) in [5.74, 6) is -0.179. The average Bonchev–Trinajstić information content (AvgIpc) is 3.09. The number of ether oxygens (including phenoxy) is 3. The highest BCUT2D eigenvalue weighted by Crippen LogP contribution is 2.30. The van der Waals surface area contributed by atoms with Gasteiger partial charge in [0, 0.05) is 18.8 Å². The molecule has 1 aliphatic rings. The summed E-state index contributed by atoms with van der Waals surface area (Å²) in [5, 5.41) is 5.89. The van der Waals surface area contributed by atoms with E-state index in [1.165, 1.54) is 0 Å². The number of nitrogens with zero attached hydrogens (tertiary/aromatic N) is 1. The first-order chi connectivity index (χ1) is 22.5. The van der Waals surface area contributed by atoms with Crippen LogP contribution < -0.4 is 10.6 Å². The number of carbonyl (C=O) groups excluding carboxylic acids is 2. The van der Waals surface area contributed by atoms with E-state index in [1.54, 1.807) is 4.90 Å². The third-order valence-corrected chi connectivity index (χ3v) is 8.02. The van der Waals surface area contributed by atoms with Gasteiger partial charge in [-0.1, -0.05) is 116 Å². The third kappa shape index (κ3) is 9.03. The summed E-state index contributed by atoms with van der Waals surface area (Å²) < 4.78 is 19.7. The van der Waals surface area contributed by atoms with Crippen LogP contribution in [0, 0.1) is 6.92 Å². The van der Waals surface area contributed by atoms with E-state index in [4.69, 9.17) is 14.2 Å². The van der Waals surface area contributed by atoms with Gasteiger partial charge in [-0.25, -0.2) is 4.79 Å². The second-order valence-corrected chi connectivity index (χ2v) is 11.5. The highest BCUT2D eigenvalue weighted by atomic mass is 16.6. The summed E-state index contributed by atoms with van der Waals surface area (Å²) >= 11 is 0. The van der Waals surface area contributed by atoms with Crippen LogP contribution in [0.1, 0.15) is 35.6 Å². The van der Waals surface area contributed by atoms with E-state index in [9.17, 15) is 9.59 Å². The minimum Gasteiger partial charge on any atom is -0.368 e. The number of hydrogen-bond acceptors (Lipinski definition) is 5. The Hall–Kier alpha value is -4.50. The smallest absolute Gasteiger partial charge is 0.319 e. The fraction of sp³-hybridized carbons (Fsp3) is 0.316. The first-order valence-corrected chi connectivity index (χ1v) is 15.9. The van der Waals surface area contributed by atoms with Gasteiger partial charge in [-0.05, 0) is 42.2 Å². The van der Waals surface area contributed by atoms with Gasteiger partial charge in [-0.2, -0.15) is 0 Å². The van der Waals surface area contributed by atoms with Crippen LogP contribution in [-0.4, -0.2) is 54.3 Å². The van der Waals surface area contributed by atoms with Crippen molar-refractivity contribution in [2.24, 2.45) is 0 Å². The summed E-state index contributed by atoms with van der Waals surface area (Å²) in [6, 6.07) is 36.3. The second kappa shape index (κ2) is 16.7. The average molecular weight is 622 g/mol. The molecule has 5 rings (SSSR count). The van der Waals surface area contributed by atoms with E-state index < -0.39 is 24.4 Å². The standard InChI is InChI=1S/C38H43N3O5/c1-3-23-41-33(24-39-38(43)40-32-21-19-28(2)20-22-32)34(44-25-29-13-7-4-8-14-29)35(45-26-30-15-9-5-10-16-30)36(37(41)42)46-27-31-17-11-6-12-18-31/h4-22,33-36H,3,23-27H2,1-2H3,(H2,39,40,43)/t33-,34-,35-,36-/m1/s1. The van der Waals surface area contributed by atoms with Crippen LogP contribution >= 0.6 is 0 Å². The molecule has 46 heavy (non-hydrogen) atoms. The molecule has 3 amide bonds. The molecule has 1 fully saturated rings. The molecule has 8 heteroatoms. The van der Waals surface area contributed by atoms with Crippen LogP contribution in [0.5, 0.6) is 0 Å². The van der Waals surface area contributed by atoms with Crippen molar-refractivity contribution in [2.75, 3.05) is 18.4 Å². The van der Waals surface area contributed by atoms with E-state index >= 15 is 0 Å². The zero-order valence-corrected chi connectivity index (χ0v) is 26.5. The van der Waals surface area contributed by atoms with Crippen LogP contribution in [-0.2, 0) is 38.8 Å². The van der Waals surface area contributed by atoms with Crippen molar-refractivity contribution >= 4 is 17.6 Å². The Labute approximate surface area is 271 Å². The van der Waals surface area contributed by atoms with Gasteiger partial charge in [0.1, 0.15) is 12.2 Å². The summed E-state index contributed by atoms with van der Waals surface area (Å²) in [6.45, 7) is 5.50. The number of benzene rings is 4. The van der Waals surface area contributed by atoms with E-state index in [-0.39, 0.29) is 31.7 Å². The lowest BCUT2D eigenvalue weighted by atomic mass is 9.91. The SMILES string of the molecule is CCCN1C(=O)[C@H](OCc2ccccc2)[C@H](OCc2ccccc2)[C@H](OCc2ccccc2)[C@H]1CNC(=O)Nc1ccc(C)cc1. The number of likely N-dealkylation sites (tertiary alicyclic amines) is 1. The number of piperidine rings is 1. The summed E-state index contributed by atoms with van der Waals surface area (Å²) in [7, 11) is 0. The zero-order valence-electron chi connectivity index (χ0n) is 26.5. The molecule has 240 valence electrons. The fourth-order valence-corrected chi connectivity index (χ4v) is 5.64. The molecule has 2 N–H and O–H groups in total. The van der Waals surface area contributed by atoms with Gasteiger partial charge in [-0.15, -0.1) is 0 Å². The minimum absolute atomic E-state index is 0.166. The predicted octanol–water partition coefficient (Wildman–Crippen LogP) is 6.49. The predicted molar refractivity (Wildman–Crippen MR) is 179 cm³/mol. The monoisotopic (exact) mass is 621 g/mol. The number of nitrogens with one attached hydrogen (secondary N) is 2. The number of amides is 3. The Morgan fingerprint density at radius 2 is 1.20 bits per heavy atom. The Bertz CT molecular complexity index is 1500. The molecule has 4 aromatic carbocycles. The molecule has 0 saturated carbocycles. The topological polar surface area (TPSA) is 89.1 Å². The van der Waals surface area contributed by atoms with Crippen molar-refractivity contribution in [3.8, 4) is 0 Å². The fourth-order valence-electron chi connectivity index (χ4n) is 5.64. The second-order valence-electron chi connectivity index (χ2n) is 11.5. The molecule has 4 atom stereocenters. The lowest BCUT2D eigenvalue weighted by Crippen LogP contribution is -2.68. The van der Waals surface area contributed by atoms with Gasteiger partial charge < -0.3 is 29.7 Å². The van der Waals surface area contributed by atoms with Crippen molar-refractivity contribution in [2.45, 2.75) is 64.4 Å². The molecular weight excluding hydrogens is 578 g/mol. The molecule has 0 radical (unpaired) electrons. The maximum Gasteiger partial charge on any atom is 0.319 e. The lowest BCUT2D eigenvalue weighted by molar-refractivity contribution is -0.208. The molecule has 4 aromatic rings. The molecule has 8 nitrogen and oxygen atoms in total. The molecule has 1 heterocycles. The summed E-state index contributed by atoms with van der Waals surface area (Å²) in [6.07, 6.45) is -1.52. The van der Waals surface area contributed by atoms with Crippen LogP contribution in [0.15, 0.2) is 115 Å². The van der Waals surface area contributed by atoms with Crippen LogP contribution in [0.4, 0.5) is 10.5 Å². The number of urea groups is 1. The third-order valence-electron chi connectivity index (χ3n) is 8.02. The molecule has 0 aliphatic carbocycles. The van der Waals surface area contributed by atoms with Gasteiger partial charge in [0.15, 0.2) is 6.10 Å². The van der Waals surface area contributed by atoms with E-state index in [0.717, 1.165) is 28.7 Å². The Kier molecular flexibility index (Phi) is 11.9. The number of aryl methyl sites for hydroxylation is 1. The van der Waals surface area contributed by atoms with E-state index in [1.807, 2.05) is 129 Å². The zero-order chi connectivity index (χ0) is 32.1. The van der Waals surface area contributed by atoms with Crippen molar-refractivity contribution in [3.63, 3.8) is 0 Å². The quantitative estimate of drug-likeness (QED) is 0.168. The van der Waals surface area contributed by atoms with Crippen LogP contribution in [0.25, 0.3) is 0 Å². The summed E-state index contributed by atoms with van der Waals surface area (Å²) in [4.78, 5) is 29.2. The van der Waals surface area contributed by atoms with Gasteiger partial charge >= 0.3 is 6.03 Å². The highest BCUT2D eigenvalue weighted by Gasteiger charge is 2.50. The van der Waals surface area contributed by atoms with E-state index in [0.29, 0.717) is 18.8 Å². The molecule has 1 aliphatic heterocycles. The van der Waals surface area contributed by atoms with Gasteiger partial charge in [0.2, 0.25) is 0 Å². The van der Waals surface area contributed by atoms with Crippen molar-refractivity contribution in [1.82, 2.24) is 10.2 Å². The van der Waals surface area contributed by atoms with E-state index in [2.05, 4.69) is 10.6 Å². The largest absolute Gasteiger partial charge is 0.368 e. The normalized spacial score (nSPS) is 19.5. The molecule has 0 bridgehead atoms. The maximum atomic E-state index is 14.3.